The minimum atomic E-state index is -0.00293. The van der Waals surface area contributed by atoms with Crippen molar-refractivity contribution in [1.82, 2.24) is 24.6 Å². The van der Waals surface area contributed by atoms with Crippen molar-refractivity contribution in [3.8, 4) is 11.3 Å². The van der Waals surface area contributed by atoms with Crippen molar-refractivity contribution < 1.29 is 4.52 Å². The van der Waals surface area contributed by atoms with E-state index < -0.39 is 0 Å². The number of piperidine rings is 1. The Morgan fingerprint density at radius 3 is 2.65 bits per heavy atom. The maximum Gasteiger partial charge on any atom is 0.253 e. The lowest BCUT2D eigenvalue weighted by Gasteiger charge is -2.31. The van der Waals surface area contributed by atoms with Crippen LogP contribution in [0, 0.1) is 5.92 Å². The first-order valence-corrected chi connectivity index (χ1v) is 8.86. The van der Waals surface area contributed by atoms with E-state index in [1.165, 1.54) is 0 Å². The summed E-state index contributed by atoms with van der Waals surface area (Å²) in [5, 5.41) is 3.97. The van der Waals surface area contributed by atoms with Crippen LogP contribution in [0.2, 0.25) is 0 Å². The number of likely N-dealkylation sites (tertiary alicyclic amines) is 1. The maximum atomic E-state index is 12.4. The molecule has 1 saturated heterocycles. The third-order valence-corrected chi connectivity index (χ3v) is 4.89. The molecule has 7 nitrogen and oxygen atoms in total. The highest BCUT2D eigenvalue weighted by molar-refractivity contribution is 5.57. The number of aromatic nitrogens is 4. The molecule has 1 aliphatic rings. The first-order valence-electron chi connectivity index (χ1n) is 8.86. The SMILES string of the molecule is O=c1cc(-c2ccncc2)ncn1CC1CCN(Cc2ccon2)CC1. The van der Waals surface area contributed by atoms with Gasteiger partial charge in [0.25, 0.3) is 5.56 Å². The van der Waals surface area contributed by atoms with Gasteiger partial charge in [-0.1, -0.05) is 5.16 Å². The molecule has 0 spiro atoms. The Morgan fingerprint density at radius 2 is 1.96 bits per heavy atom. The molecule has 7 heteroatoms. The van der Waals surface area contributed by atoms with Crippen LogP contribution in [0.25, 0.3) is 11.3 Å². The Labute approximate surface area is 151 Å². The molecule has 0 saturated carbocycles. The van der Waals surface area contributed by atoms with Crippen LogP contribution in [0.4, 0.5) is 0 Å². The highest BCUT2D eigenvalue weighted by Crippen LogP contribution is 2.20. The van der Waals surface area contributed by atoms with Crippen molar-refractivity contribution in [3.05, 3.63) is 65.3 Å². The molecular formula is C19H21N5O2. The van der Waals surface area contributed by atoms with Gasteiger partial charge in [-0.05, 0) is 44.0 Å². The zero-order valence-electron chi connectivity index (χ0n) is 14.5. The lowest BCUT2D eigenvalue weighted by atomic mass is 9.96. The molecule has 1 fully saturated rings. The lowest BCUT2D eigenvalue weighted by molar-refractivity contribution is 0.163. The van der Waals surface area contributed by atoms with Crippen molar-refractivity contribution in [2.75, 3.05) is 13.1 Å². The third kappa shape index (κ3) is 3.88. The van der Waals surface area contributed by atoms with Gasteiger partial charge in [-0.25, -0.2) is 4.98 Å². The van der Waals surface area contributed by atoms with E-state index in [0.29, 0.717) is 11.6 Å². The second-order valence-electron chi connectivity index (χ2n) is 6.71. The summed E-state index contributed by atoms with van der Waals surface area (Å²) in [6.45, 7) is 3.56. The van der Waals surface area contributed by atoms with E-state index in [1.54, 1.807) is 35.6 Å². The predicted octanol–water partition coefficient (Wildman–Crippen LogP) is 2.21. The third-order valence-electron chi connectivity index (χ3n) is 4.89. The summed E-state index contributed by atoms with van der Waals surface area (Å²) in [5.41, 5.74) is 2.56. The molecule has 0 unspecified atom stereocenters. The number of nitrogens with zero attached hydrogens (tertiary/aromatic N) is 5. The maximum absolute atomic E-state index is 12.4. The van der Waals surface area contributed by atoms with Gasteiger partial charge in [-0.15, -0.1) is 0 Å². The summed E-state index contributed by atoms with van der Waals surface area (Å²) < 4.78 is 6.61. The summed E-state index contributed by atoms with van der Waals surface area (Å²) in [6.07, 6.45) is 8.81. The molecular weight excluding hydrogens is 330 g/mol. The van der Waals surface area contributed by atoms with Gasteiger partial charge in [0.2, 0.25) is 0 Å². The van der Waals surface area contributed by atoms with Crippen LogP contribution < -0.4 is 5.56 Å². The summed E-state index contributed by atoms with van der Waals surface area (Å²) in [4.78, 5) is 23.3. The first-order chi connectivity index (χ1) is 12.8. The van der Waals surface area contributed by atoms with E-state index in [0.717, 1.165) is 50.3 Å². The second kappa shape index (κ2) is 7.61. The summed E-state index contributed by atoms with van der Waals surface area (Å²) in [6, 6.07) is 7.23. The van der Waals surface area contributed by atoms with Crippen molar-refractivity contribution in [2.45, 2.75) is 25.9 Å². The van der Waals surface area contributed by atoms with Gasteiger partial charge in [-0.3, -0.25) is 19.2 Å². The zero-order chi connectivity index (χ0) is 17.8. The van der Waals surface area contributed by atoms with E-state index in [4.69, 9.17) is 4.52 Å². The van der Waals surface area contributed by atoms with E-state index in [1.807, 2.05) is 18.2 Å². The fraction of sp³-hybridized carbons (Fsp3) is 0.368. The Kier molecular flexibility index (Phi) is 4.88. The van der Waals surface area contributed by atoms with E-state index in [9.17, 15) is 4.79 Å². The molecule has 4 rings (SSSR count). The first kappa shape index (κ1) is 16.7. The largest absolute Gasteiger partial charge is 0.364 e. The van der Waals surface area contributed by atoms with Crippen molar-refractivity contribution >= 4 is 0 Å². The highest BCUT2D eigenvalue weighted by atomic mass is 16.5. The second-order valence-corrected chi connectivity index (χ2v) is 6.71. The minimum Gasteiger partial charge on any atom is -0.364 e. The molecule has 3 aromatic heterocycles. The average Bonchev–Trinajstić information content (AvgIpc) is 3.19. The Balaban J connectivity index is 1.35. The van der Waals surface area contributed by atoms with Crippen molar-refractivity contribution in [3.63, 3.8) is 0 Å². The molecule has 0 amide bonds. The van der Waals surface area contributed by atoms with E-state index in [2.05, 4.69) is 20.0 Å². The van der Waals surface area contributed by atoms with Gasteiger partial charge in [-0.2, -0.15) is 0 Å². The monoisotopic (exact) mass is 351 g/mol. The number of hydrogen-bond acceptors (Lipinski definition) is 6. The highest BCUT2D eigenvalue weighted by Gasteiger charge is 2.20. The number of rotatable bonds is 5. The molecule has 3 aromatic rings. The smallest absolute Gasteiger partial charge is 0.253 e. The fourth-order valence-electron chi connectivity index (χ4n) is 3.40. The van der Waals surface area contributed by atoms with Crippen LogP contribution in [0.15, 0.2) is 58.6 Å². The molecule has 0 radical (unpaired) electrons. The van der Waals surface area contributed by atoms with Crippen LogP contribution in [-0.2, 0) is 13.1 Å². The van der Waals surface area contributed by atoms with E-state index in [-0.39, 0.29) is 5.56 Å². The summed E-state index contributed by atoms with van der Waals surface area (Å²) in [7, 11) is 0. The van der Waals surface area contributed by atoms with Crippen LogP contribution in [0.1, 0.15) is 18.5 Å². The molecule has 26 heavy (non-hydrogen) atoms. The topological polar surface area (TPSA) is 77.0 Å². The standard InChI is InChI=1S/C19H21N5O2/c25-19-11-18(16-1-6-20-7-2-16)21-14-24(19)12-15-3-8-23(9-4-15)13-17-5-10-26-22-17/h1-2,5-7,10-11,14-15H,3-4,8-9,12-13H2. The lowest BCUT2D eigenvalue weighted by Crippen LogP contribution is -2.36. The quantitative estimate of drug-likeness (QED) is 0.701. The van der Waals surface area contributed by atoms with E-state index >= 15 is 0 Å². The molecule has 0 aliphatic carbocycles. The van der Waals surface area contributed by atoms with Crippen molar-refractivity contribution in [1.29, 1.82) is 0 Å². The molecule has 134 valence electrons. The van der Waals surface area contributed by atoms with Crippen LogP contribution in [0.5, 0.6) is 0 Å². The summed E-state index contributed by atoms with van der Waals surface area (Å²) in [5.74, 6) is 0.495. The number of hydrogen-bond donors (Lipinski definition) is 0. The molecule has 4 heterocycles. The average molecular weight is 351 g/mol. The molecule has 0 bridgehead atoms. The normalized spacial score (nSPS) is 16.0. The summed E-state index contributed by atoms with van der Waals surface area (Å²) >= 11 is 0. The van der Waals surface area contributed by atoms with Gasteiger partial charge in [0.1, 0.15) is 6.26 Å². The number of pyridine rings is 1. The zero-order valence-corrected chi connectivity index (χ0v) is 14.5. The molecule has 0 aromatic carbocycles. The molecule has 0 atom stereocenters. The minimum absolute atomic E-state index is 0.00293. The predicted molar refractivity (Wildman–Crippen MR) is 96.2 cm³/mol. The Hall–Kier alpha value is -2.80. The van der Waals surface area contributed by atoms with Gasteiger partial charge >= 0.3 is 0 Å². The van der Waals surface area contributed by atoms with Crippen LogP contribution in [-0.4, -0.2) is 37.7 Å². The molecule has 1 aliphatic heterocycles. The molecule has 0 N–H and O–H groups in total. The van der Waals surface area contributed by atoms with Gasteiger partial charge in [0.05, 0.1) is 17.7 Å². The fourth-order valence-corrected chi connectivity index (χ4v) is 3.40. The Morgan fingerprint density at radius 1 is 1.15 bits per heavy atom. The van der Waals surface area contributed by atoms with Crippen LogP contribution >= 0.6 is 0 Å². The van der Waals surface area contributed by atoms with Gasteiger partial charge < -0.3 is 4.52 Å². The van der Waals surface area contributed by atoms with Crippen molar-refractivity contribution in [2.24, 2.45) is 5.92 Å². The Bertz CT molecular complexity index is 884. The van der Waals surface area contributed by atoms with Gasteiger partial charge in [0.15, 0.2) is 0 Å². The van der Waals surface area contributed by atoms with Gasteiger partial charge in [0, 0.05) is 43.2 Å². The van der Waals surface area contributed by atoms with Crippen LogP contribution in [0.3, 0.4) is 0 Å².